The molecule has 0 aliphatic carbocycles. The van der Waals surface area contributed by atoms with E-state index in [1.54, 1.807) is 0 Å². The summed E-state index contributed by atoms with van der Waals surface area (Å²) in [6.45, 7) is 2.39. The highest BCUT2D eigenvalue weighted by Crippen LogP contribution is 2.33. The van der Waals surface area contributed by atoms with Crippen LogP contribution in [0, 0.1) is 10.1 Å². The summed E-state index contributed by atoms with van der Waals surface area (Å²) in [7, 11) is 0.558. The lowest BCUT2D eigenvalue weighted by molar-refractivity contribution is -0.384. The summed E-state index contributed by atoms with van der Waals surface area (Å²) < 4.78 is 23.9. The number of nitrogens with zero attached hydrogens (tertiary/aromatic N) is 2. The fourth-order valence-electron chi connectivity index (χ4n) is 1.74. The summed E-state index contributed by atoms with van der Waals surface area (Å²) in [5.74, 6) is 0.561. The number of hydrogen-bond acceptors (Lipinski definition) is 8. The molecule has 0 atom stereocenters. The first-order chi connectivity index (χ1) is 12.8. The van der Waals surface area contributed by atoms with Gasteiger partial charge < -0.3 is 19.1 Å². The Hall–Kier alpha value is -1.90. The minimum atomic E-state index is -2.12. The van der Waals surface area contributed by atoms with Gasteiger partial charge in [-0.1, -0.05) is 23.2 Å². The molecule has 9 nitrogen and oxygen atoms in total. The Balaban J connectivity index is 0.000000527. The highest BCUT2D eigenvalue weighted by atomic mass is 35.5. The molecule has 0 spiro atoms. The molecule has 0 aliphatic heterocycles. The molecule has 0 saturated heterocycles. The predicted octanol–water partition coefficient (Wildman–Crippen LogP) is 5.19. The number of anilines is 1. The molecule has 148 valence electrons. The molecule has 1 N–H and O–H groups in total. The van der Waals surface area contributed by atoms with Crippen molar-refractivity contribution >= 4 is 42.8 Å². The molecule has 27 heavy (non-hydrogen) atoms. The van der Waals surface area contributed by atoms with E-state index in [0.717, 1.165) is 0 Å². The average Bonchev–Trinajstić information content (AvgIpc) is 2.64. The Bertz CT molecular complexity index is 803. The Morgan fingerprint density at radius 3 is 2.41 bits per heavy atom. The molecular formula is C15H18Cl2N3O6P. The van der Waals surface area contributed by atoms with Crippen LogP contribution in [0.25, 0.3) is 0 Å². The third kappa shape index (κ3) is 7.70. The molecule has 0 unspecified atom stereocenters. The number of halogens is 2. The molecule has 2 aromatic rings. The highest BCUT2D eigenvalue weighted by Gasteiger charge is 2.15. The van der Waals surface area contributed by atoms with E-state index in [9.17, 15) is 14.7 Å². The SMILES string of the molecule is CCNc1cc(Oc2ncc(Cl)cc2Cl)ccc1[N+](=O)[O-].CO[PH](=O)OC. The monoisotopic (exact) mass is 437 g/mol. The van der Waals surface area contributed by atoms with E-state index >= 15 is 0 Å². The molecule has 0 saturated carbocycles. The van der Waals surface area contributed by atoms with Crippen molar-refractivity contribution in [2.75, 3.05) is 26.1 Å². The summed E-state index contributed by atoms with van der Waals surface area (Å²) in [4.78, 5) is 14.4. The molecule has 0 fully saturated rings. The van der Waals surface area contributed by atoms with Gasteiger partial charge in [-0.25, -0.2) is 4.98 Å². The van der Waals surface area contributed by atoms with Crippen molar-refractivity contribution in [3.8, 4) is 11.6 Å². The third-order valence-corrected chi connectivity index (χ3v) is 4.00. The maximum absolute atomic E-state index is 10.9. The van der Waals surface area contributed by atoms with Gasteiger partial charge >= 0.3 is 8.25 Å². The number of aromatic nitrogens is 1. The fraction of sp³-hybridized carbons (Fsp3) is 0.267. The van der Waals surface area contributed by atoms with E-state index in [1.807, 2.05) is 6.92 Å². The summed E-state index contributed by atoms with van der Waals surface area (Å²) in [6, 6.07) is 5.86. The first-order valence-corrected chi connectivity index (χ1v) is 9.43. The van der Waals surface area contributed by atoms with Gasteiger partial charge in [0.05, 0.1) is 9.95 Å². The van der Waals surface area contributed by atoms with Gasteiger partial charge in [0.1, 0.15) is 16.5 Å². The number of rotatable bonds is 7. The molecule has 2 rings (SSSR count). The van der Waals surface area contributed by atoms with Crippen LogP contribution in [0.15, 0.2) is 30.5 Å². The first-order valence-electron chi connectivity index (χ1n) is 7.45. The lowest BCUT2D eigenvalue weighted by Gasteiger charge is -2.09. The van der Waals surface area contributed by atoms with Crippen molar-refractivity contribution in [3.05, 3.63) is 50.6 Å². The number of nitro groups is 1. The van der Waals surface area contributed by atoms with Crippen molar-refractivity contribution in [2.24, 2.45) is 0 Å². The van der Waals surface area contributed by atoms with Gasteiger partial charge in [-0.3, -0.25) is 14.7 Å². The number of hydrogen-bond donors (Lipinski definition) is 1. The molecule has 1 aromatic carbocycles. The minimum absolute atomic E-state index is 0.0284. The van der Waals surface area contributed by atoms with E-state index in [4.69, 9.17) is 27.9 Å². The average molecular weight is 438 g/mol. The topological polar surface area (TPSA) is 113 Å². The number of nitrogens with one attached hydrogen (secondary N) is 1. The molecule has 1 heterocycles. The van der Waals surface area contributed by atoms with Crippen molar-refractivity contribution in [1.29, 1.82) is 0 Å². The van der Waals surface area contributed by atoms with Gasteiger partial charge in [-0.2, -0.15) is 0 Å². The van der Waals surface area contributed by atoms with Crippen LogP contribution in [-0.2, 0) is 13.6 Å². The van der Waals surface area contributed by atoms with Crippen LogP contribution in [-0.4, -0.2) is 30.7 Å². The lowest BCUT2D eigenvalue weighted by atomic mass is 10.2. The Morgan fingerprint density at radius 1 is 1.26 bits per heavy atom. The van der Waals surface area contributed by atoms with Gasteiger partial charge in [0.2, 0.25) is 5.88 Å². The zero-order chi connectivity index (χ0) is 20.4. The summed E-state index contributed by atoms with van der Waals surface area (Å²) in [5, 5.41) is 14.5. The predicted molar refractivity (Wildman–Crippen MR) is 105 cm³/mol. The van der Waals surface area contributed by atoms with Crippen molar-refractivity contribution in [1.82, 2.24) is 4.98 Å². The summed E-state index contributed by atoms with van der Waals surface area (Å²) in [5.41, 5.74) is 0.337. The second kappa shape index (κ2) is 11.7. The minimum Gasteiger partial charge on any atom is -0.437 e. The van der Waals surface area contributed by atoms with E-state index in [-0.39, 0.29) is 16.6 Å². The van der Waals surface area contributed by atoms with Crippen LogP contribution >= 0.6 is 31.5 Å². The third-order valence-electron chi connectivity index (χ3n) is 2.85. The Labute approximate surface area is 166 Å². The zero-order valence-corrected chi connectivity index (χ0v) is 17.2. The molecule has 0 bridgehead atoms. The lowest BCUT2D eigenvalue weighted by Crippen LogP contribution is -2.01. The van der Waals surface area contributed by atoms with Gasteiger partial charge in [0.25, 0.3) is 5.69 Å². The molecule has 0 amide bonds. The van der Waals surface area contributed by atoms with Gasteiger partial charge in [-0.05, 0) is 19.1 Å². The highest BCUT2D eigenvalue weighted by molar-refractivity contribution is 7.33. The second-order valence-corrected chi connectivity index (χ2v) is 6.83. The van der Waals surface area contributed by atoms with Crippen LogP contribution in [0.5, 0.6) is 11.6 Å². The Morgan fingerprint density at radius 2 is 1.93 bits per heavy atom. The number of ether oxygens (including phenoxy) is 1. The molecular weight excluding hydrogens is 420 g/mol. The molecule has 0 radical (unpaired) electrons. The van der Waals surface area contributed by atoms with E-state index in [1.165, 1.54) is 44.7 Å². The summed E-state index contributed by atoms with van der Waals surface area (Å²) >= 11 is 11.7. The van der Waals surface area contributed by atoms with Crippen LogP contribution in [0.2, 0.25) is 10.0 Å². The van der Waals surface area contributed by atoms with Crippen molar-refractivity contribution in [3.63, 3.8) is 0 Å². The normalized spacial score (nSPS) is 10.1. The molecule has 12 heteroatoms. The fourth-order valence-corrected chi connectivity index (χ4v) is 2.33. The smallest absolute Gasteiger partial charge is 0.318 e. The van der Waals surface area contributed by atoms with Crippen LogP contribution in [0.3, 0.4) is 0 Å². The second-order valence-electron chi connectivity index (χ2n) is 4.67. The summed E-state index contributed by atoms with van der Waals surface area (Å²) in [6.07, 6.45) is 1.40. The van der Waals surface area contributed by atoms with Gasteiger partial charge in [-0.15, -0.1) is 0 Å². The van der Waals surface area contributed by atoms with Gasteiger partial charge in [0.15, 0.2) is 0 Å². The number of pyridine rings is 1. The standard InChI is InChI=1S/C13H11Cl2N3O3.C2H7O3P/c1-2-16-11-6-9(3-4-12(11)18(19)20)21-13-10(15)5-8(14)7-17-13;1-4-6(3)5-2/h3-7,16H,2H2,1H3;6H,1-2H3. The van der Waals surface area contributed by atoms with Crippen molar-refractivity contribution in [2.45, 2.75) is 6.92 Å². The zero-order valence-electron chi connectivity index (χ0n) is 14.7. The van der Waals surface area contributed by atoms with Gasteiger partial charge in [0, 0.05) is 39.1 Å². The number of benzene rings is 1. The van der Waals surface area contributed by atoms with Crippen LogP contribution in [0.4, 0.5) is 11.4 Å². The van der Waals surface area contributed by atoms with E-state index < -0.39 is 13.2 Å². The maximum atomic E-state index is 10.9. The Kier molecular flexibility index (Phi) is 10.1. The van der Waals surface area contributed by atoms with E-state index in [2.05, 4.69) is 19.3 Å². The van der Waals surface area contributed by atoms with Crippen molar-refractivity contribution < 1.29 is 23.3 Å². The quantitative estimate of drug-likeness (QED) is 0.357. The first kappa shape index (κ1) is 23.1. The van der Waals surface area contributed by atoms with Crippen LogP contribution in [0.1, 0.15) is 6.92 Å². The largest absolute Gasteiger partial charge is 0.437 e. The van der Waals surface area contributed by atoms with Crippen LogP contribution < -0.4 is 10.1 Å². The van der Waals surface area contributed by atoms with E-state index in [0.29, 0.717) is 23.0 Å². The maximum Gasteiger partial charge on any atom is 0.318 e. The molecule has 1 aromatic heterocycles. The molecule has 0 aliphatic rings. The number of nitro benzene ring substituents is 1.